The molecule has 0 bridgehead atoms. The molecule has 0 amide bonds. The van der Waals surface area contributed by atoms with Crippen molar-refractivity contribution in [2.24, 2.45) is 0 Å². The summed E-state index contributed by atoms with van der Waals surface area (Å²) in [4.78, 5) is 13.2. The lowest BCUT2D eigenvalue weighted by atomic mass is 10.2. The minimum Gasteiger partial charge on any atom is -0.335 e. The van der Waals surface area contributed by atoms with Crippen LogP contribution in [0.25, 0.3) is 16.6 Å². The molecule has 3 heterocycles. The van der Waals surface area contributed by atoms with E-state index in [4.69, 9.17) is 0 Å². The molecule has 0 fully saturated rings. The minimum atomic E-state index is 0.688. The first-order valence-electron chi connectivity index (χ1n) is 6.41. The molecule has 0 saturated heterocycles. The molecular formula is C15H10BrN5. The molecule has 102 valence electrons. The molecule has 0 spiro atoms. The second kappa shape index (κ2) is 4.82. The van der Waals surface area contributed by atoms with Crippen LogP contribution in [-0.4, -0.2) is 19.4 Å². The Morgan fingerprint density at radius 3 is 2.90 bits per heavy atom. The number of fused-ring (bicyclic) bond motifs is 2. The predicted molar refractivity (Wildman–Crippen MR) is 85.7 cm³/mol. The van der Waals surface area contributed by atoms with Crippen LogP contribution >= 0.6 is 15.9 Å². The van der Waals surface area contributed by atoms with Crippen LogP contribution in [0.15, 0.2) is 59.7 Å². The lowest BCUT2D eigenvalue weighted by Crippen LogP contribution is -1.99. The van der Waals surface area contributed by atoms with Crippen molar-refractivity contribution in [2.45, 2.75) is 0 Å². The average molecular weight is 340 g/mol. The number of anilines is 2. The first kappa shape index (κ1) is 12.3. The van der Waals surface area contributed by atoms with Gasteiger partial charge in [-0.15, -0.1) is 0 Å². The molecule has 1 aromatic carbocycles. The third-order valence-electron chi connectivity index (χ3n) is 3.23. The lowest BCUT2D eigenvalue weighted by molar-refractivity contribution is 1.10. The predicted octanol–water partition coefficient (Wildman–Crippen LogP) is 3.78. The lowest BCUT2D eigenvalue weighted by Gasteiger charge is -2.09. The second-order valence-electron chi connectivity index (χ2n) is 4.58. The highest BCUT2D eigenvalue weighted by molar-refractivity contribution is 9.10. The summed E-state index contributed by atoms with van der Waals surface area (Å²) >= 11 is 3.42. The number of hydrogen-bond acceptors (Lipinski definition) is 4. The van der Waals surface area contributed by atoms with Gasteiger partial charge in [0.15, 0.2) is 11.5 Å². The first-order chi connectivity index (χ1) is 10.3. The van der Waals surface area contributed by atoms with Crippen LogP contribution in [0.5, 0.6) is 0 Å². The normalized spacial score (nSPS) is 11.1. The smallest absolute Gasteiger partial charge is 0.180 e. The van der Waals surface area contributed by atoms with Crippen molar-refractivity contribution in [3.63, 3.8) is 0 Å². The highest BCUT2D eigenvalue weighted by atomic mass is 79.9. The van der Waals surface area contributed by atoms with E-state index >= 15 is 0 Å². The van der Waals surface area contributed by atoms with E-state index in [1.165, 1.54) is 0 Å². The van der Waals surface area contributed by atoms with Crippen LogP contribution in [0.2, 0.25) is 0 Å². The highest BCUT2D eigenvalue weighted by Crippen LogP contribution is 2.26. The molecule has 0 unspecified atom stereocenters. The number of aromatic nitrogens is 4. The Hall–Kier alpha value is -2.47. The van der Waals surface area contributed by atoms with Gasteiger partial charge in [-0.25, -0.2) is 9.97 Å². The zero-order chi connectivity index (χ0) is 14.2. The van der Waals surface area contributed by atoms with Crippen molar-refractivity contribution >= 4 is 44.0 Å². The highest BCUT2D eigenvalue weighted by Gasteiger charge is 2.09. The van der Waals surface area contributed by atoms with Gasteiger partial charge in [0, 0.05) is 30.2 Å². The van der Waals surface area contributed by atoms with Crippen molar-refractivity contribution in [3.05, 3.63) is 59.7 Å². The molecule has 4 aromatic rings. The Morgan fingerprint density at radius 2 is 1.95 bits per heavy atom. The van der Waals surface area contributed by atoms with Gasteiger partial charge in [0.05, 0.1) is 11.2 Å². The molecule has 0 atom stereocenters. The Labute approximate surface area is 128 Å². The fourth-order valence-corrected chi connectivity index (χ4v) is 2.72. The standard InChI is InChI=1S/C15H10BrN5/c16-12-9-21-8-7-18-15(21)14(20-12)19-11-5-1-3-10-4-2-6-17-13(10)11/h1-9H,(H,19,20). The monoisotopic (exact) mass is 339 g/mol. The van der Waals surface area contributed by atoms with Gasteiger partial charge >= 0.3 is 0 Å². The Balaban J connectivity index is 1.89. The van der Waals surface area contributed by atoms with Gasteiger partial charge in [0.25, 0.3) is 0 Å². The number of nitrogens with zero attached hydrogens (tertiary/aromatic N) is 4. The fraction of sp³-hybridized carbons (Fsp3) is 0. The summed E-state index contributed by atoms with van der Waals surface area (Å²) < 4.78 is 2.65. The van der Waals surface area contributed by atoms with Crippen LogP contribution < -0.4 is 5.32 Å². The van der Waals surface area contributed by atoms with Crippen molar-refractivity contribution in [2.75, 3.05) is 5.32 Å². The molecule has 0 aliphatic rings. The SMILES string of the molecule is Brc1cn2ccnc2c(Nc2cccc3cccnc23)n1. The van der Waals surface area contributed by atoms with Crippen molar-refractivity contribution in [3.8, 4) is 0 Å². The van der Waals surface area contributed by atoms with Gasteiger partial charge in [0.1, 0.15) is 4.60 Å². The molecule has 21 heavy (non-hydrogen) atoms. The maximum Gasteiger partial charge on any atom is 0.180 e. The van der Waals surface area contributed by atoms with E-state index in [2.05, 4.69) is 36.2 Å². The summed E-state index contributed by atoms with van der Waals surface area (Å²) in [5.74, 6) is 0.688. The van der Waals surface area contributed by atoms with Crippen LogP contribution in [-0.2, 0) is 0 Å². The summed E-state index contributed by atoms with van der Waals surface area (Å²) in [6, 6.07) is 9.97. The molecule has 1 N–H and O–H groups in total. The largest absolute Gasteiger partial charge is 0.335 e. The zero-order valence-corrected chi connectivity index (χ0v) is 12.4. The maximum atomic E-state index is 4.47. The molecule has 0 aliphatic heterocycles. The summed E-state index contributed by atoms with van der Waals surface area (Å²) in [7, 11) is 0. The summed E-state index contributed by atoms with van der Waals surface area (Å²) in [5.41, 5.74) is 2.58. The zero-order valence-electron chi connectivity index (χ0n) is 10.9. The number of rotatable bonds is 2. The van der Waals surface area contributed by atoms with Gasteiger partial charge in [-0.1, -0.05) is 18.2 Å². The van der Waals surface area contributed by atoms with Crippen LogP contribution in [0.4, 0.5) is 11.5 Å². The quantitative estimate of drug-likeness (QED) is 0.603. The number of nitrogens with one attached hydrogen (secondary N) is 1. The summed E-state index contributed by atoms with van der Waals surface area (Å²) in [6.45, 7) is 0. The topological polar surface area (TPSA) is 55.1 Å². The van der Waals surface area contributed by atoms with E-state index in [0.717, 1.165) is 26.8 Å². The van der Waals surface area contributed by atoms with E-state index in [0.29, 0.717) is 5.82 Å². The fourth-order valence-electron chi connectivity index (χ4n) is 2.32. The second-order valence-corrected chi connectivity index (χ2v) is 5.39. The van der Waals surface area contributed by atoms with E-state index in [1.54, 1.807) is 12.4 Å². The average Bonchev–Trinajstić information content (AvgIpc) is 2.96. The van der Waals surface area contributed by atoms with Crippen LogP contribution in [0.1, 0.15) is 0 Å². The molecular weight excluding hydrogens is 330 g/mol. The van der Waals surface area contributed by atoms with E-state index < -0.39 is 0 Å². The van der Waals surface area contributed by atoms with Gasteiger partial charge in [0.2, 0.25) is 0 Å². The molecule has 0 radical (unpaired) electrons. The molecule has 0 saturated carbocycles. The van der Waals surface area contributed by atoms with Crippen molar-refractivity contribution < 1.29 is 0 Å². The summed E-state index contributed by atoms with van der Waals surface area (Å²) in [5, 5.41) is 4.41. The number of imidazole rings is 1. The third kappa shape index (κ3) is 2.13. The molecule has 6 heteroatoms. The number of pyridine rings is 1. The van der Waals surface area contributed by atoms with Gasteiger partial charge < -0.3 is 9.72 Å². The number of halogens is 1. The molecule has 4 rings (SSSR count). The maximum absolute atomic E-state index is 4.47. The number of para-hydroxylation sites is 1. The molecule has 5 nitrogen and oxygen atoms in total. The van der Waals surface area contributed by atoms with Crippen LogP contribution in [0, 0.1) is 0 Å². The first-order valence-corrected chi connectivity index (χ1v) is 7.20. The van der Waals surface area contributed by atoms with E-state index in [9.17, 15) is 0 Å². The van der Waals surface area contributed by atoms with Crippen molar-refractivity contribution in [1.82, 2.24) is 19.4 Å². The number of benzene rings is 1. The Morgan fingerprint density at radius 1 is 1.05 bits per heavy atom. The minimum absolute atomic E-state index is 0.688. The van der Waals surface area contributed by atoms with Gasteiger partial charge in [-0.2, -0.15) is 0 Å². The van der Waals surface area contributed by atoms with Gasteiger partial charge in [-0.3, -0.25) is 4.98 Å². The summed E-state index contributed by atoms with van der Waals surface area (Å²) in [6.07, 6.45) is 7.28. The molecule has 0 aliphatic carbocycles. The van der Waals surface area contributed by atoms with Gasteiger partial charge in [-0.05, 0) is 28.1 Å². The molecule has 3 aromatic heterocycles. The van der Waals surface area contributed by atoms with Crippen molar-refractivity contribution in [1.29, 1.82) is 0 Å². The Bertz CT molecular complexity index is 942. The van der Waals surface area contributed by atoms with E-state index in [1.807, 2.05) is 47.1 Å². The Kier molecular flexibility index (Phi) is 2.82. The number of hydrogen-bond donors (Lipinski definition) is 1. The van der Waals surface area contributed by atoms with Crippen LogP contribution in [0.3, 0.4) is 0 Å². The third-order valence-corrected chi connectivity index (χ3v) is 3.61. The van der Waals surface area contributed by atoms with E-state index in [-0.39, 0.29) is 0 Å².